The average Bonchev–Trinajstić information content (AvgIpc) is 3.55. The Kier molecular flexibility index (Phi) is 5.24. The van der Waals surface area contributed by atoms with Gasteiger partial charge in [-0.15, -0.1) is 0 Å². The van der Waals surface area contributed by atoms with Crippen molar-refractivity contribution in [1.29, 1.82) is 0 Å². The van der Waals surface area contributed by atoms with E-state index in [-0.39, 0.29) is 5.41 Å². The average molecular weight is 564 g/mol. The third-order valence-corrected chi connectivity index (χ3v) is 9.41. The zero-order valence-electron chi connectivity index (χ0n) is 24.6. The molecule has 8 aromatic rings. The van der Waals surface area contributed by atoms with Crippen molar-refractivity contribution in [3.8, 4) is 39.2 Å². The molecule has 5 aromatic carbocycles. The highest BCUT2D eigenvalue weighted by Gasteiger charge is 2.40. The van der Waals surface area contributed by atoms with Crippen molar-refractivity contribution >= 4 is 32.7 Å². The molecule has 0 aliphatic heterocycles. The number of benzene rings is 5. The second-order valence-electron chi connectivity index (χ2n) is 12.3. The number of rotatable bonds is 3. The van der Waals surface area contributed by atoms with E-state index in [0.29, 0.717) is 0 Å². The van der Waals surface area contributed by atoms with E-state index in [1.54, 1.807) is 0 Å². The van der Waals surface area contributed by atoms with Crippen LogP contribution in [0.2, 0.25) is 0 Å². The summed E-state index contributed by atoms with van der Waals surface area (Å²) in [5, 5.41) is 3.52. The molecule has 208 valence electrons. The van der Waals surface area contributed by atoms with Crippen molar-refractivity contribution in [2.24, 2.45) is 0 Å². The van der Waals surface area contributed by atoms with Crippen LogP contribution in [0.15, 0.2) is 140 Å². The zero-order chi connectivity index (χ0) is 29.4. The van der Waals surface area contributed by atoms with Crippen LogP contribution in [0.1, 0.15) is 25.1 Å². The summed E-state index contributed by atoms with van der Waals surface area (Å²) in [4.78, 5) is 9.64. The van der Waals surface area contributed by atoms with Gasteiger partial charge in [-0.05, 0) is 52.6 Å². The first kappa shape index (κ1) is 25.0. The van der Waals surface area contributed by atoms with Crippen molar-refractivity contribution in [2.45, 2.75) is 19.3 Å². The summed E-state index contributed by atoms with van der Waals surface area (Å²) in [6.45, 7) is 4.71. The van der Waals surface area contributed by atoms with Crippen LogP contribution in [0, 0.1) is 0 Å². The Morgan fingerprint density at radius 2 is 1.23 bits per heavy atom. The molecule has 3 aromatic heterocycles. The molecular weight excluding hydrogens is 534 g/mol. The molecule has 44 heavy (non-hydrogen) atoms. The number of nitrogens with zero attached hydrogens (tertiary/aromatic N) is 3. The van der Waals surface area contributed by atoms with E-state index >= 15 is 0 Å². The highest BCUT2D eigenvalue weighted by Crippen LogP contribution is 2.53. The topological polar surface area (TPSA) is 30.7 Å². The standard InChI is InChI=1S/C41H29N3/c1-41(2)34-11-5-3-9-32(34)37-33-10-4-6-12-36(33)44(40(37)41)31-22-19-27(20-23-31)26-13-15-28(16-14-26)35-24-21-30-18-17-29-8-7-25-42-38(29)39(30)43-35/h3-25H,1-2H3. The van der Waals surface area contributed by atoms with Crippen LogP contribution in [0.3, 0.4) is 0 Å². The lowest BCUT2D eigenvalue weighted by Crippen LogP contribution is -2.19. The fourth-order valence-corrected chi connectivity index (χ4v) is 7.27. The van der Waals surface area contributed by atoms with Gasteiger partial charge in [-0.3, -0.25) is 4.98 Å². The van der Waals surface area contributed by atoms with Crippen LogP contribution < -0.4 is 0 Å². The fraction of sp³-hybridized carbons (Fsp3) is 0.0732. The molecule has 0 saturated heterocycles. The lowest BCUT2D eigenvalue weighted by molar-refractivity contribution is 0.624. The minimum Gasteiger partial charge on any atom is -0.312 e. The zero-order valence-corrected chi connectivity index (χ0v) is 24.6. The molecule has 0 saturated carbocycles. The van der Waals surface area contributed by atoms with Crippen molar-refractivity contribution in [3.63, 3.8) is 0 Å². The summed E-state index contributed by atoms with van der Waals surface area (Å²) in [7, 11) is 0. The number of fused-ring (bicyclic) bond motifs is 8. The lowest BCUT2D eigenvalue weighted by Gasteiger charge is -2.24. The molecule has 3 nitrogen and oxygen atoms in total. The van der Waals surface area contributed by atoms with Gasteiger partial charge in [0.25, 0.3) is 0 Å². The van der Waals surface area contributed by atoms with Gasteiger partial charge in [0.05, 0.1) is 22.2 Å². The quantitative estimate of drug-likeness (QED) is 0.200. The van der Waals surface area contributed by atoms with E-state index in [1.807, 2.05) is 12.3 Å². The third kappa shape index (κ3) is 3.56. The van der Waals surface area contributed by atoms with E-state index < -0.39 is 0 Å². The maximum absolute atomic E-state index is 5.03. The van der Waals surface area contributed by atoms with Crippen LogP contribution in [0.25, 0.3) is 71.9 Å². The third-order valence-electron chi connectivity index (χ3n) is 9.41. The summed E-state index contributed by atoms with van der Waals surface area (Å²) in [5.74, 6) is 0. The SMILES string of the molecule is CC1(C)c2ccccc2-c2c1n(-c1ccc(-c3ccc(-c4ccc5ccc6cccnc6c5n4)cc3)cc1)c1ccccc21. The van der Waals surface area contributed by atoms with Crippen LogP contribution in [0.4, 0.5) is 0 Å². The highest BCUT2D eigenvalue weighted by atomic mass is 15.0. The van der Waals surface area contributed by atoms with Gasteiger partial charge >= 0.3 is 0 Å². The fourth-order valence-electron chi connectivity index (χ4n) is 7.27. The molecule has 0 N–H and O–H groups in total. The van der Waals surface area contributed by atoms with Crippen LogP contribution in [-0.2, 0) is 5.41 Å². The van der Waals surface area contributed by atoms with E-state index in [0.717, 1.165) is 33.1 Å². The van der Waals surface area contributed by atoms with E-state index in [9.17, 15) is 0 Å². The van der Waals surface area contributed by atoms with Crippen molar-refractivity contribution < 1.29 is 0 Å². The van der Waals surface area contributed by atoms with Gasteiger partial charge in [0.1, 0.15) is 0 Å². The minimum absolute atomic E-state index is 0.0986. The Balaban J connectivity index is 1.09. The Morgan fingerprint density at radius 3 is 2.05 bits per heavy atom. The predicted molar refractivity (Wildman–Crippen MR) is 182 cm³/mol. The Hall–Kier alpha value is -5.54. The molecule has 9 rings (SSSR count). The summed E-state index contributed by atoms with van der Waals surface area (Å²) in [5.41, 5.74) is 14.1. The van der Waals surface area contributed by atoms with E-state index in [1.165, 1.54) is 50.1 Å². The second kappa shape index (κ2) is 9.23. The molecule has 0 bridgehead atoms. The smallest absolute Gasteiger partial charge is 0.0972 e. The maximum atomic E-state index is 5.03. The van der Waals surface area contributed by atoms with Crippen LogP contribution in [0.5, 0.6) is 0 Å². The largest absolute Gasteiger partial charge is 0.312 e. The molecule has 0 atom stereocenters. The molecule has 1 aliphatic carbocycles. The molecule has 1 aliphatic rings. The maximum Gasteiger partial charge on any atom is 0.0972 e. The summed E-state index contributed by atoms with van der Waals surface area (Å²) < 4.78 is 2.47. The Labute approximate surface area is 256 Å². The van der Waals surface area contributed by atoms with Crippen LogP contribution in [-0.4, -0.2) is 14.5 Å². The predicted octanol–water partition coefficient (Wildman–Crippen LogP) is 10.4. The van der Waals surface area contributed by atoms with Crippen molar-refractivity contribution in [2.75, 3.05) is 0 Å². The molecule has 3 heterocycles. The Bertz CT molecular complexity index is 2390. The monoisotopic (exact) mass is 563 g/mol. The number of hydrogen-bond donors (Lipinski definition) is 0. The molecule has 3 heteroatoms. The Morgan fingerprint density at radius 1 is 0.568 bits per heavy atom. The summed E-state index contributed by atoms with van der Waals surface area (Å²) in [6, 6.07) is 47.9. The van der Waals surface area contributed by atoms with Gasteiger partial charge in [-0.25, -0.2) is 4.98 Å². The highest BCUT2D eigenvalue weighted by molar-refractivity contribution is 6.04. The number of hydrogen-bond acceptors (Lipinski definition) is 2. The lowest BCUT2D eigenvalue weighted by atomic mass is 9.85. The first-order valence-electron chi connectivity index (χ1n) is 15.2. The molecule has 0 spiro atoms. The number of aromatic nitrogens is 3. The minimum atomic E-state index is -0.0986. The molecule has 0 radical (unpaired) electrons. The van der Waals surface area contributed by atoms with Crippen molar-refractivity contribution in [1.82, 2.24) is 14.5 Å². The first-order chi connectivity index (χ1) is 21.6. The number of para-hydroxylation sites is 1. The van der Waals surface area contributed by atoms with Gasteiger partial charge in [0.15, 0.2) is 0 Å². The molecule has 0 unspecified atom stereocenters. The van der Waals surface area contributed by atoms with E-state index in [2.05, 4.69) is 151 Å². The first-order valence-corrected chi connectivity index (χ1v) is 15.2. The molecule has 0 amide bonds. The normalized spacial score (nSPS) is 13.4. The van der Waals surface area contributed by atoms with Gasteiger partial charge in [-0.2, -0.15) is 0 Å². The second-order valence-corrected chi connectivity index (χ2v) is 12.3. The number of pyridine rings is 2. The summed E-state index contributed by atoms with van der Waals surface area (Å²) in [6.07, 6.45) is 1.84. The van der Waals surface area contributed by atoms with Crippen molar-refractivity contribution in [3.05, 3.63) is 151 Å². The van der Waals surface area contributed by atoms with E-state index in [4.69, 9.17) is 4.98 Å². The van der Waals surface area contributed by atoms with Gasteiger partial charge in [0.2, 0.25) is 0 Å². The van der Waals surface area contributed by atoms with Gasteiger partial charge in [-0.1, -0.05) is 117 Å². The van der Waals surface area contributed by atoms with Gasteiger partial charge in [0, 0.05) is 50.3 Å². The molecule has 0 fully saturated rings. The van der Waals surface area contributed by atoms with Gasteiger partial charge < -0.3 is 4.57 Å². The van der Waals surface area contributed by atoms with Crippen LogP contribution >= 0.6 is 0 Å². The molecular formula is C41H29N3. The summed E-state index contributed by atoms with van der Waals surface area (Å²) >= 11 is 0.